The predicted octanol–water partition coefficient (Wildman–Crippen LogP) is 7.53. The Morgan fingerprint density at radius 2 is 1.00 bits per heavy atom. The van der Waals surface area contributed by atoms with Crippen LogP contribution in [0.2, 0.25) is 0 Å². The van der Waals surface area contributed by atoms with Gasteiger partial charge in [0.2, 0.25) is 0 Å². The Balaban J connectivity index is 1.20. The van der Waals surface area contributed by atoms with Crippen LogP contribution in [0.5, 0.6) is 0 Å². The number of hydrogen-bond donors (Lipinski definition) is 0. The molecule has 0 aromatic carbocycles. The number of aliphatic imine (C=N–C) groups is 1. The van der Waals surface area contributed by atoms with E-state index < -0.39 is 24.1 Å². The third-order valence-electron chi connectivity index (χ3n) is 6.47. The summed E-state index contributed by atoms with van der Waals surface area (Å²) >= 11 is 6.17. The van der Waals surface area contributed by atoms with Gasteiger partial charge in [-0.15, -0.1) is 45.3 Å². The van der Waals surface area contributed by atoms with Crippen LogP contribution in [0.25, 0.3) is 0 Å². The van der Waals surface area contributed by atoms with Crippen LogP contribution in [0.3, 0.4) is 0 Å². The summed E-state index contributed by atoms with van der Waals surface area (Å²) in [5, 5.41) is 7.76. The molecule has 0 bridgehead atoms. The number of carbonyl (C=O) groups excluding carboxylic acids is 4. The number of esters is 2. The van der Waals surface area contributed by atoms with Crippen LogP contribution < -0.4 is 0 Å². The topological polar surface area (TPSA) is 124 Å². The molecule has 4 aromatic rings. The molecule has 0 fully saturated rings. The summed E-state index contributed by atoms with van der Waals surface area (Å²) < 4.78 is 21.3. The fourth-order valence-corrected chi connectivity index (χ4v) is 7.06. The third kappa shape index (κ3) is 12.8. The molecule has 11 nitrogen and oxygen atoms in total. The van der Waals surface area contributed by atoms with Gasteiger partial charge in [0.05, 0.1) is 31.8 Å². The van der Waals surface area contributed by atoms with E-state index in [1.807, 2.05) is 70.1 Å². The average Bonchev–Trinajstić information content (AvgIpc) is 3.94. The number of amides is 2. The van der Waals surface area contributed by atoms with Crippen molar-refractivity contribution in [1.29, 1.82) is 0 Å². The van der Waals surface area contributed by atoms with Gasteiger partial charge in [0.1, 0.15) is 26.4 Å². The zero-order valence-electron chi connectivity index (χ0n) is 26.7. The fourth-order valence-electron chi connectivity index (χ4n) is 4.18. The molecular formula is C34H35N3O8S4. The maximum Gasteiger partial charge on any atom is 0.410 e. The monoisotopic (exact) mass is 741 g/mol. The number of carbonyl (C=O) groups is 4. The van der Waals surface area contributed by atoms with Crippen molar-refractivity contribution >= 4 is 76.2 Å². The van der Waals surface area contributed by atoms with E-state index in [0.29, 0.717) is 26.2 Å². The van der Waals surface area contributed by atoms with Crippen LogP contribution >= 0.6 is 45.3 Å². The lowest BCUT2D eigenvalue weighted by Crippen LogP contribution is -2.31. The van der Waals surface area contributed by atoms with E-state index in [2.05, 4.69) is 11.7 Å². The Labute approximate surface area is 300 Å². The zero-order valence-corrected chi connectivity index (χ0v) is 30.0. The van der Waals surface area contributed by atoms with Crippen molar-refractivity contribution in [1.82, 2.24) is 9.80 Å². The number of thiophene rings is 4. The Morgan fingerprint density at radius 1 is 0.633 bits per heavy atom. The van der Waals surface area contributed by atoms with Crippen LogP contribution in [-0.4, -0.2) is 67.1 Å². The lowest BCUT2D eigenvalue weighted by molar-refractivity contribution is -0.140. The predicted molar refractivity (Wildman–Crippen MR) is 192 cm³/mol. The minimum Gasteiger partial charge on any atom is -0.459 e. The summed E-state index contributed by atoms with van der Waals surface area (Å²) in [7, 11) is 0. The van der Waals surface area contributed by atoms with E-state index in [0.717, 1.165) is 25.7 Å². The Hall–Kier alpha value is -4.57. The van der Waals surface area contributed by atoms with E-state index in [1.54, 1.807) is 55.1 Å². The van der Waals surface area contributed by atoms with Crippen LogP contribution in [0.4, 0.5) is 9.59 Å². The van der Waals surface area contributed by atoms with Crippen molar-refractivity contribution in [3.8, 4) is 0 Å². The molecule has 4 aromatic heterocycles. The first-order valence-corrected chi connectivity index (χ1v) is 18.5. The second-order valence-corrected chi connectivity index (χ2v) is 14.3. The first kappa shape index (κ1) is 37.3. The highest BCUT2D eigenvalue weighted by Crippen LogP contribution is 2.19. The number of ether oxygens (including phenoxy) is 4. The van der Waals surface area contributed by atoms with Gasteiger partial charge in [0, 0.05) is 31.3 Å². The van der Waals surface area contributed by atoms with Crippen molar-refractivity contribution in [3.63, 3.8) is 0 Å². The molecule has 2 amide bonds. The van der Waals surface area contributed by atoms with Gasteiger partial charge in [0.15, 0.2) is 0 Å². The number of hydrogen-bond acceptors (Lipinski definition) is 13. The molecule has 258 valence electrons. The maximum absolute atomic E-state index is 12.9. The molecule has 0 saturated heterocycles. The Bertz CT molecular complexity index is 1610. The molecule has 4 rings (SSSR count). The van der Waals surface area contributed by atoms with E-state index in [4.69, 9.17) is 18.9 Å². The summed E-state index contributed by atoms with van der Waals surface area (Å²) in [6.45, 7) is 5.65. The molecule has 0 aliphatic rings. The van der Waals surface area contributed by atoms with Crippen LogP contribution in [0.1, 0.15) is 26.4 Å². The highest BCUT2D eigenvalue weighted by atomic mass is 32.1. The van der Waals surface area contributed by atoms with Crippen molar-refractivity contribution in [3.05, 3.63) is 113 Å². The minimum absolute atomic E-state index is 0.0583. The summed E-state index contributed by atoms with van der Waals surface area (Å²) in [5.74, 6) is -1.52. The molecular weight excluding hydrogens is 707 g/mol. The van der Waals surface area contributed by atoms with Crippen LogP contribution in [-0.2, 0) is 54.7 Å². The standard InChI is InChI=1S/C34H35N3O8S4/c1-25(31(38)42-11-13-44-33(40)36(21-27-7-3-15-46-27)22-28-8-4-16-47-28)19-26(20-35-2)32(39)43-12-14-45-34(41)37(23-29-9-5-17-48-29)24-30-10-6-18-49-30/h3-10,15-20H,2,11-14,21-24H2,1H3/b25-19+,26-20+. The second-order valence-electron chi connectivity index (χ2n) is 10.1. The smallest absolute Gasteiger partial charge is 0.410 e. The first-order valence-electron chi connectivity index (χ1n) is 14.9. The van der Waals surface area contributed by atoms with Crippen molar-refractivity contribution < 1.29 is 38.1 Å². The molecule has 0 aliphatic carbocycles. The van der Waals surface area contributed by atoms with E-state index in [9.17, 15) is 19.2 Å². The number of rotatable bonds is 18. The third-order valence-corrected chi connectivity index (χ3v) is 9.91. The molecule has 15 heteroatoms. The lowest BCUT2D eigenvalue weighted by Gasteiger charge is -2.21. The summed E-state index contributed by atoms with van der Waals surface area (Å²) in [5.41, 5.74) is 0.0245. The maximum atomic E-state index is 12.9. The Morgan fingerprint density at radius 3 is 1.35 bits per heavy atom. The van der Waals surface area contributed by atoms with Gasteiger partial charge in [-0.1, -0.05) is 24.3 Å². The molecule has 0 aliphatic heterocycles. The zero-order chi connectivity index (χ0) is 34.8. The fraction of sp³-hybridized carbons (Fsp3) is 0.265. The van der Waals surface area contributed by atoms with Gasteiger partial charge in [-0.2, -0.15) is 0 Å². The van der Waals surface area contributed by atoms with Gasteiger partial charge >= 0.3 is 24.1 Å². The van der Waals surface area contributed by atoms with E-state index in [1.165, 1.54) is 13.0 Å². The highest BCUT2D eigenvalue weighted by Gasteiger charge is 2.20. The summed E-state index contributed by atoms with van der Waals surface area (Å²) in [6, 6.07) is 15.4. The molecule has 4 heterocycles. The highest BCUT2D eigenvalue weighted by molar-refractivity contribution is 7.10. The van der Waals surface area contributed by atoms with Gasteiger partial charge in [0.25, 0.3) is 0 Å². The van der Waals surface area contributed by atoms with Gasteiger partial charge in [-0.25, -0.2) is 19.2 Å². The molecule has 0 atom stereocenters. The van der Waals surface area contributed by atoms with E-state index >= 15 is 0 Å². The summed E-state index contributed by atoms with van der Waals surface area (Å²) in [6.07, 6.45) is 1.33. The van der Waals surface area contributed by atoms with Crippen LogP contribution in [0, 0.1) is 0 Å². The van der Waals surface area contributed by atoms with Gasteiger partial charge in [-0.05, 0) is 65.5 Å². The normalized spacial score (nSPS) is 11.4. The van der Waals surface area contributed by atoms with E-state index in [-0.39, 0.29) is 37.6 Å². The first-order chi connectivity index (χ1) is 23.8. The molecule has 0 spiro atoms. The second kappa shape index (κ2) is 20.1. The van der Waals surface area contributed by atoms with Crippen molar-refractivity contribution in [2.45, 2.75) is 33.1 Å². The minimum atomic E-state index is -0.796. The largest absolute Gasteiger partial charge is 0.459 e. The van der Waals surface area contributed by atoms with Gasteiger partial charge < -0.3 is 18.9 Å². The number of nitrogens with zero attached hydrogens (tertiary/aromatic N) is 3. The molecule has 0 unspecified atom stereocenters. The van der Waals surface area contributed by atoms with Gasteiger partial charge in [-0.3, -0.25) is 14.8 Å². The molecule has 0 radical (unpaired) electrons. The molecule has 49 heavy (non-hydrogen) atoms. The van der Waals surface area contributed by atoms with Crippen molar-refractivity contribution in [2.24, 2.45) is 4.99 Å². The SMILES string of the molecule is C=N/C=C(\C=C(/C)C(=O)OCCOC(=O)N(Cc1cccs1)Cc1cccs1)C(=O)OCCOC(=O)N(Cc1cccs1)Cc1cccs1. The molecule has 0 N–H and O–H groups in total. The average molecular weight is 742 g/mol. The van der Waals surface area contributed by atoms with Crippen LogP contribution in [0.15, 0.2) is 98.5 Å². The van der Waals surface area contributed by atoms with Crippen molar-refractivity contribution in [2.75, 3.05) is 26.4 Å². The quantitative estimate of drug-likeness (QED) is 0.0256. The molecule has 0 saturated carbocycles. The lowest BCUT2D eigenvalue weighted by atomic mass is 10.2. The Kier molecular flexibility index (Phi) is 15.3. The summed E-state index contributed by atoms with van der Waals surface area (Å²) in [4.78, 5) is 61.9.